The minimum Gasteiger partial charge on any atom is -0.264 e. The number of pyridine rings is 2. The summed E-state index contributed by atoms with van der Waals surface area (Å²) in [5.41, 5.74) is 11.4. The van der Waals surface area contributed by atoms with Crippen molar-refractivity contribution >= 4 is 0 Å². The van der Waals surface area contributed by atoms with Crippen LogP contribution >= 0.6 is 0 Å². The van der Waals surface area contributed by atoms with E-state index in [0.29, 0.717) is 17.5 Å². The van der Waals surface area contributed by atoms with E-state index in [1.807, 2.05) is 60.9 Å². The molecule has 226 valence electrons. The van der Waals surface area contributed by atoms with Gasteiger partial charge in [-0.1, -0.05) is 140 Å². The van der Waals surface area contributed by atoms with Gasteiger partial charge in [-0.3, -0.25) is 9.97 Å². The van der Waals surface area contributed by atoms with Crippen molar-refractivity contribution in [3.63, 3.8) is 0 Å². The van der Waals surface area contributed by atoms with E-state index in [2.05, 4.69) is 114 Å². The van der Waals surface area contributed by atoms with Crippen LogP contribution in [0.1, 0.15) is 0 Å². The molecule has 0 radical (unpaired) electrons. The Bertz CT molecular complexity index is 2290. The van der Waals surface area contributed by atoms with Crippen LogP contribution in [0.3, 0.4) is 0 Å². The molecule has 0 bridgehead atoms. The standard InChI is InChI=1S/C43H29N5/c1-3-9-30(10-4-1)31-18-22-35(23-19-31)42-46-41(34-11-5-2-6-12-34)47-43(48-42)37-14-7-13-36(27-37)32-16-20-33(21-17-32)40-25-24-39(29-45-40)38-15-8-26-44-28-38/h1-29H. The maximum Gasteiger partial charge on any atom is 0.164 e. The van der Waals surface area contributed by atoms with Gasteiger partial charge in [0.25, 0.3) is 0 Å². The largest absolute Gasteiger partial charge is 0.264 e. The third-order valence-electron chi connectivity index (χ3n) is 8.31. The van der Waals surface area contributed by atoms with Crippen LogP contribution < -0.4 is 0 Å². The van der Waals surface area contributed by atoms with Gasteiger partial charge in [0.15, 0.2) is 17.5 Å². The van der Waals surface area contributed by atoms with Crippen LogP contribution in [0.4, 0.5) is 0 Å². The molecule has 0 atom stereocenters. The average Bonchev–Trinajstić information content (AvgIpc) is 3.19. The van der Waals surface area contributed by atoms with E-state index in [4.69, 9.17) is 19.9 Å². The second-order valence-corrected chi connectivity index (χ2v) is 11.4. The third-order valence-corrected chi connectivity index (χ3v) is 8.31. The number of hydrogen-bond donors (Lipinski definition) is 0. The van der Waals surface area contributed by atoms with Crippen molar-refractivity contribution in [3.05, 3.63) is 176 Å². The SMILES string of the molecule is c1ccc(-c2ccc(-c3nc(-c4ccccc4)nc(-c4cccc(-c5ccc(-c6ccc(-c7cccnc7)cn6)cc5)c4)n3)cc2)cc1. The van der Waals surface area contributed by atoms with Gasteiger partial charge in [0, 0.05) is 52.0 Å². The molecule has 8 aromatic rings. The van der Waals surface area contributed by atoms with Gasteiger partial charge < -0.3 is 0 Å². The first-order valence-corrected chi connectivity index (χ1v) is 15.8. The Morgan fingerprint density at radius 1 is 0.292 bits per heavy atom. The third kappa shape index (κ3) is 6.13. The summed E-state index contributed by atoms with van der Waals surface area (Å²) in [6.45, 7) is 0. The Kier molecular flexibility index (Phi) is 7.83. The molecule has 3 aromatic heterocycles. The van der Waals surface area contributed by atoms with Crippen LogP contribution in [0, 0.1) is 0 Å². The van der Waals surface area contributed by atoms with Crippen molar-refractivity contribution in [1.29, 1.82) is 0 Å². The Hall–Kier alpha value is -6.59. The van der Waals surface area contributed by atoms with E-state index >= 15 is 0 Å². The Labute approximate surface area is 279 Å². The molecule has 5 heteroatoms. The lowest BCUT2D eigenvalue weighted by atomic mass is 10.00. The summed E-state index contributed by atoms with van der Waals surface area (Å²) in [6.07, 6.45) is 5.52. The lowest BCUT2D eigenvalue weighted by molar-refractivity contribution is 1.07. The first-order chi connectivity index (χ1) is 23.8. The maximum atomic E-state index is 4.98. The normalized spacial score (nSPS) is 10.9. The predicted molar refractivity (Wildman–Crippen MR) is 193 cm³/mol. The van der Waals surface area contributed by atoms with Gasteiger partial charge in [0.1, 0.15) is 0 Å². The molecule has 0 unspecified atom stereocenters. The molecular formula is C43H29N5. The van der Waals surface area contributed by atoms with Crippen LogP contribution in [0.2, 0.25) is 0 Å². The highest BCUT2D eigenvalue weighted by Crippen LogP contribution is 2.30. The van der Waals surface area contributed by atoms with Crippen LogP contribution in [0.25, 0.3) is 78.8 Å². The number of nitrogens with zero attached hydrogens (tertiary/aromatic N) is 5. The van der Waals surface area contributed by atoms with Gasteiger partial charge in [-0.25, -0.2) is 15.0 Å². The zero-order valence-electron chi connectivity index (χ0n) is 26.0. The Morgan fingerprint density at radius 3 is 1.38 bits per heavy atom. The smallest absolute Gasteiger partial charge is 0.164 e. The molecule has 0 spiro atoms. The summed E-state index contributed by atoms with van der Waals surface area (Å²) in [5, 5.41) is 0. The molecule has 5 aromatic carbocycles. The van der Waals surface area contributed by atoms with Gasteiger partial charge in [-0.2, -0.15) is 0 Å². The molecule has 0 saturated carbocycles. The molecular weight excluding hydrogens is 587 g/mol. The summed E-state index contributed by atoms with van der Waals surface area (Å²) < 4.78 is 0. The van der Waals surface area contributed by atoms with Crippen molar-refractivity contribution in [2.45, 2.75) is 0 Å². The van der Waals surface area contributed by atoms with Crippen molar-refractivity contribution in [1.82, 2.24) is 24.9 Å². The molecule has 0 aliphatic carbocycles. The van der Waals surface area contributed by atoms with E-state index in [0.717, 1.165) is 55.8 Å². The first-order valence-electron chi connectivity index (χ1n) is 15.8. The Morgan fingerprint density at radius 2 is 0.750 bits per heavy atom. The molecule has 0 fully saturated rings. The van der Waals surface area contributed by atoms with E-state index < -0.39 is 0 Å². The van der Waals surface area contributed by atoms with Crippen LogP contribution in [0.15, 0.2) is 176 Å². The second-order valence-electron chi connectivity index (χ2n) is 11.4. The van der Waals surface area contributed by atoms with Gasteiger partial charge in [0.2, 0.25) is 0 Å². The van der Waals surface area contributed by atoms with Gasteiger partial charge in [0.05, 0.1) is 5.69 Å². The zero-order valence-corrected chi connectivity index (χ0v) is 26.0. The number of rotatable bonds is 7. The van der Waals surface area contributed by atoms with Gasteiger partial charge in [-0.15, -0.1) is 0 Å². The van der Waals surface area contributed by atoms with Gasteiger partial charge >= 0.3 is 0 Å². The Balaban J connectivity index is 1.11. The predicted octanol–water partition coefficient (Wildman–Crippen LogP) is 10.3. The van der Waals surface area contributed by atoms with Crippen molar-refractivity contribution in [2.75, 3.05) is 0 Å². The van der Waals surface area contributed by atoms with E-state index in [-0.39, 0.29) is 0 Å². The lowest BCUT2D eigenvalue weighted by Crippen LogP contribution is -2.00. The molecule has 0 aliphatic heterocycles. The molecule has 0 N–H and O–H groups in total. The van der Waals surface area contributed by atoms with E-state index in [9.17, 15) is 0 Å². The van der Waals surface area contributed by atoms with Crippen LogP contribution in [-0.2, 0) is 0 Å². The van der Waals surface area contributed by atoms with Crippen LogP contribution in [-0.4, -0.2) is 24.9 Å². The highest BCUT2D eigenvalue weighted by atomic mass is 15.0. The summed E-state index contributed by atoms with van der Waals surface area (Å²) >= 11 is 0. The van der Waals surface area contributed by atoms with Crippen LogP contribution in [0.5, 0.6) is 0 Å². The molecule has 0 saturated heterocycles. The maximum absolute atomic E-state index is 4.98. The fourth-order valence-corrected chi connectivity index (χ4v) is 5.73. The van der Waals surface area contributed by atoms with Crippen molar-refractivity contribution in [3.8, 4) is 78.8 Å². The first kappa shape index (κ1) is 28.9. The number of hydrogen-bond acceptors (Lipinski definition) is 5. The molecule has 0 aliphatic rings. The van der Waals surface area contributed by atoms with Crippen molar-refractivity contribution in [2.24, 2.45) is 0 Å². The fraction of sp³-hybridized carbons (Fsp3) is 0. The summed E-state index contributed by atoms with van der Waals surface area (Å²) in [5.74, 6) is 1.90. The summed E-state index contributed by atoms with van der Waals surface area (Å²) in [7, 11) is 0. The van der Waals surface area contributed by atoms with E-state index in [1.165, 1.54) is 5.56 Å². The quantitative estimate of drug-likeness (QED) is 0.178. The second kappa shape index (κ2) is 13.0. The molecule has 8 rings (SSSR count). The zero-order chi connectivity index (χ0) is 32.1. The van der Waals surface area contributed by atoms with Crippen molar-refractivity contribution < 1.29 is 0 Å². The monoisotopic (exact) mass is 615 g/mol. The molecule has 0 amide bonds. The molecule has 3 heterocycles. The highest BCUT2D eigenvalue weighted by Gasteiger charge is 2.13. The summed E-state index contributed by atoms with van der Waals surface area (Å²) in [4.78, 5) is 23.8. The topological polar surface area (TPSA) is 64.5 Å². The molecule has 48 heavy (non-hydrogen) atoms. The fourth-order valence-electron chi connectivity index (χ4n) is 5.73. The average molecular weight is 616 g/mol. The lowest BCUT2D eigenvalue weighted by Gasteiger charge is -2.10. The number of aromatic nitrogens is 5. The number of benzene rings is 5. The molecule has 5 nitrogen and oxygen atoms in total. The highest BCUT2D eigenvalue weighted by molar-refractivity contribution is 5.75. The minimum atomic E-state index is 0.627. The minimum absolute atomic E-state index is 0.627. The van der Waals surface area contributed by atoms with E-state index in [1.54, 1.807) is 6.20 Å². The van der Waals surface area contributed by atoms with Gasteiger partial charge in [-0.05, 0) is 40.5 Å². The summed E-state index contributed by atoms with van der Waals surface area (Å²) in [6, 6.07) is 53.8.